The Morgan fingerprint density at radius 2 is 1.60 bits per heavy atom. The Morgan fingerprint density at radius 3 is 1.93 bits per heavy atom. The third-order valence-corrected chi connectivity index (χ3v) is 2.49. The van der Waals surface area contributed by atoms with Gasteiger partial charge >= 0.3 is 0 Å². The molecular weight excluding hydrogens is 186 g/mol. The second-order valence-electron chi connectivity index (χ2n) is 5.37. The Kier molecular flexibility index (Phi) is 7.20. The molecule has 92 valence electrons. The van der Waals surface area contributed by atoms with Gasteiger partial charge in [-0.1, -0.05) is 27.7 Å². The number of rotatable bonds is 8. The number of nitrogens with zero attached hydrogens (tertiary/aromatic N) is 1. The van der Waals surface area contributed by atoms with Gasteiger partial charge in [0.1, 0.15) is 0 Å². The molecule has 0 saturated carbocycles. The Hall–Kier alpha value is -0.0800. The smallest absolute Gasteiger partial charge is 0.0748 e. The van der Waals surface area contributed by atoms with Gasteiger partial charge in [0.15, 0.2) is 0 Å². The van der Waals surface area contributed by atoms with Crippen LogP contribution in [0.3, 0.4) is 0 Å². The molecule has 0 fully saturated rings. The molecule has 2 nitrogen and oxygen atoms in total. The molecule has 0 spiro atoms. The maximum Gasteiger partial charge on any atom is 0.0748 e. The van der Waals surface area contributed by atoms with Gasteiger partial charge in [0.25, 0.3) is 0 Å². The maximum absolute atomic E-state index is 10.3. The normalized spacial score (nSPS) is 16.0. The fraction of sp³-hybridized carbons (Fsp3) is 1.00. The van der Waals surface area contributed by atoms with Crippen LogP contribution in [0, 0.1) is 5.92 Å². The van der Waals surface area contributed by atoms with E-state index in [1.807, 2.05) is 6.92 Å². The average Bonchev–Trinajstić information content (AvgIpc) is 2.01. The van der Waals surface area contributed by atoms with Crippen molar-refractivity contribution in [3.8, 4) is 0 Å². The third kappa shape index (κ3) is 7.80. The highest BCUT2D eigenvalue weighted by atomic mass is 16.3. The molecule has 2 heteroatoms. The first-order chi connectivity index (χ1) is 6.91. The summed E-state index contributed by atoms with van der Waals surface area (Å²) >= 11 is 0. The average molecular weight is 215 g/mol. The van der Waals surface area contributed by atoms with Crippen LogP contribution in [0.15, 0.2) is 0 Å². The third-order valence-electron chi connectivity index (χ3n) is 2.49. The first kappa shape index (κ1) is 14.9. The molecule has 15 heavy (non-hydrogen) atoms. The van der Waals surface area contributed by atoms with E-state index < -0.39 is 5.60 Å². The molecule has 0 radical (unpaired) electrons. The Labute approximate surface area is 95.7 Å². The van der Waals surface area contributed by atoms with E-state index in [1.54, 1.807) is 0 Å². The lowest BCUT2D eigenvalue weighted by atomic mass is 9.93. The molecule has 0 bridgehead atoms. The molecule has 1 atom stereocenters. The van der Waals surface area contributed by atoms with Crippen LogP contribution in [0.2, 0.25) is 0 Å². The van der Waals surface area contributed by atoms with Crippen molar-refractivity contribution in [2.45, 2.75) is 59.5 Å². The van der Waals surface area contributed by atoms with Crippen molar-refractivity contribution in [1.29, 1.82) is 0 Å². The van der Waals surface area contributed by atoms with Gasteiger partial charge in [0.2, 0.25) is 0 Å². The van der Waals surface area contributed by atoms with Gasteiger partial charge in [-0.2, -0.15) is 0 Å². The van der Waals surface area contributed by atoms with Crippen molar-refractivity contribution < 1.29 is 5.11 Å². The summed E-state index contributed by atoms with van der Waals surface area (Å²) < 4.78 is 0. The zero-order chi connectivity index (χ0) is 11.9. The lowest BCUT2D eigenvalue weighted by Gasteiger charge is -2.32. The summed E-state index contributed by atoms with van der Waals surface area (Å²) in [5.74, 6) is 0.560. The van der Waals surface area contributed by atoms with E-state index in [1.165, 1.54) is 0 Å². The molecule has 0 aromatic heterocycles. The predicted octanol–water partition coefficient (Wildman–Crippen LogP) is 2.91. The molecule has 0 aromatic carbocycles. The van der Waals surface area contributed by atoms with Crippen molar-refractivity contribution >= 4 is 0 Å². The number of aliphatic hydroxyl groups is 1. The molecule has 0 saturated heterocycles. The highest BCUT2D eigenvalue weighted by Gasteiger charge is 2.24. The van der Waals surface area contributed by atoms with Crippen LogP contribution in [0.5, 0.6) is 0 Å². The maximum atomic E-state index is 10.3. The summed E-state index contributed by atoms with van der Waals surface area (Å²) in [6, 6.07) is 0. The minimum atomic E-state index is -0.529. The van der Waals surface area contributed by atoms with E-state index in [2.05, 4.69) is 32.6 Å². The summed E-state index contributed by atoms with van der Waals surface area (Å²) in [4.78, 5) is 2.38. The molecule has 0 heterocycles. The van der Waals surface area contributed by atoms with Gasteiger partial charge in [-0.3, -0.25) is 0 Å². The van der Waals surface area contributed by atoms with Crippen molar-refractivity contribution in [3.05, 3.63) is 0 Å². The van der Waals surface area contributed by atoms with Crippen molar-refractivity contribution in [2.24, 2.45) is 5.92 Å². The minimum absolute atomic E-state index is 0.529. The van der Waals surface area contributed by atoms with Gasteiger partial charge in [-0.25, -0.2) is 0 Å². The Morgan fingerprint density at radius 1 is 1.13 bits per heavy atom. The molecule has 0 aliphatic carbocycles. The Balaban J connectivity index is 4.11. The van der Waals surface area contributed by atoms with Crippen LogP contribution in [0.25, 0.3) is 0 Å². The zero-order valence-electron chi connectivity index (χ0n) is 11.2. The SMILES string of the molecule is CCCN(CCC)CC(C)(O)CC(C)C. The molecular formula is C13H29NO. The van der Waals surface area contributed by atoms with Gasteiger partial charge in [0.05, 0.1) is 5.60 Å². The molecule has 0 amide bonds. The van der Waals surface area contributed by atoms with Gasteiger partial charge in [-0.15, -0.1) is 0 Å². The van der Waals surface area contributed by atoms with E-state index in [-0.39, 0.29) is 0 Å². The van der Waals surface area contributed by atoms with Crippen LogP contribution < -0.4 is 0 Å². The first-order valence-electron chi connectivity index (χ1n) is 6.36. The van der Waals surface area contributed by atoms with E-state index in [4.69, 9.17) is 0 Å². The van der Waals surface area contributed by atoms with Crippen molar-refractivity contribution in [2.75, 3.05) is 19.6 Å². The van der Waals surface area contributed by atoms with E-state index in [0.29, 0.717) is 5.92 Å². The summed E-state index contributed by atoms with van der Waals surface area (Å²) in [5.41, 5.74) is -0.529. The van der Waals surface area contributed by atoms with Crippen molar-refractivity contribution in [1.82, 2.24) is 4.90 Å². The lowest BCUT2D eigenvalue weighted by molar-refractivity contribution is 0.00262. The van der Waals surface area contributed by atoms with Gasteiger partial charge < -0.3 is 10.0 Å². The summed E-state index contributed by atoms with van der Waals surface area (Å²) in [7, 11) is 0. The van der Waals surface area contributed by atoms with E-state index >= 15 is 0 Å². The largest absolute Gasteiger partial charge is 0.389 e. The summed E-state index contributed by atoms with van der Waals surface area (Å²) in [6.45, 7) is 13.7. The highest BCUT2D eigenvalue weighted by Crippen LogP contribution is 2.17. The molecule has 0 aliphatic heterocycles. The standard InChI is InChI=1S/C13H29NO/c1-6-8-14(9-7-2)11-13(5,15)10-12(3)4/h12,15H,6-11H2,1-5H3. The minimum Gasteiger partial charge on any atom is -0.389 e. The highest BCUT2D eigenvalue weighted by molar-refractivity contribution is 4.78. The summed E-state index contributed by atoms with van der Waals surface area (Å²) in [5, 5.41) is 10.3. The monoisotopic (exact) mass is 215 g/mol. The van der Waals surface area contributed by atoms with Crippen LogP contribution in [0.1, 0.15) is 53.9 Å². The number of hydrogen-bond acceptors (Lipinski definition) is 2. The van der Waals surface area contributed by atoms with E-state index in [9.17, 15) is 5.11 Å². The summed E-state index contributed by atoms with van der Waals surface area (Å²) in [6.07, 6.45) is 3.21. The molecule has 1 N–H and O–H groups in total. The van der Waals surface area contributed by atoms with Crippen LogP contribution >= 0.6 is 0 Å². The fourth-order valence-corrected chi connectivity index (χ4v) is 2.33. The Bertz CT molecular complexity index is 149. The van der Waals surface area contributed by atoms with E-state index in [0.717, 1.165) is 38.9 Å². The fourth-order valence-electron chi connectivity index (χ4n) is 2.33. The lowest BCUT2D eigenvalue weighted by Crippen LogP contribution is -2.42. The molecule has 0 aromatic rings. The second-order valence-corrected chi connectivity index (χ2v) is 5.37. The van der Waals surface area contributed by atoms with Crippen molar-refractivity contribution in [3.63, 3.8) is 0 Å². The quantitative estimate of drug-likeness (QED) is 0.673. The molecule has 1 unspecified atom stereocenters. The predicted molar refractivity (Wildman–Crippen MR) is 67.1 cm³/mol. The number of hydrogen-bond donors (Lipinski definition) is 1. The van der Waals surface area contributed by atoms with Gasteiger partial charge in [-0.05, 0) is 45.2 Å². The molecule has 0 rings (SSSR count). The van der Waals surface area contributed by atoms with Crippen LogP contribution in [-0.4, -0.2) is 35.2 Å². The van der Waals surface area contributed by atoms with Crippen LogP contribution in [-0.2, 0) is 0 Å². The molecule has 0 aliphatic rings. The first-order valence-corrected chi connectivity index (χ1v) is 6.36. The second kappa shape index (κ2) is 7.24. The topological polar surface area (TPSA) is 23.5 Å². The van der Waals surface area contributed by atoms with Crippen LogP contribution in [0.4, 0.5) is 0 Å². The van der Waals surface area contributed by atoms with Gasteiger partial charge in [0, 0.05) is 6.54 Å². The zero-order valence-corrected chi connectivity index (χ0v) is 11.2.